The third kappa shape index (κ3) is 9.05. The van der Waals surface area contributed by atoms with Crippen LogP contribution in [0, 0.1) is 0 Å². The van der Waals surface area contributed by atoms with Crippen LogP contribution in [0.2, 0.25) is 0 Å². The minimum atomic E-state index is -1.82. The second kappa shape index (κ2) is 6.42. The number of hydrogen-bond donors (Lipinski definition) is 2. The largest absolute Gasteiger partial charge is 0.473 e. The molecule has 0 rings (SSSR count). The summed E-state index contributed by atoms with van der Waals surface area (Å²) in [5, 5.41) is 14.8. The van der Waals surface area contributed by atoms with E-state index in [0.29, 0.717) is 0 Å². The normalized spacial score (nSPS) is 5.50. The van der Waals surface area contributed by atoms with Crippen LogP contribution in [0.4, 0.5) is 0 Å². The predicted octanol–water partition coefficient (Wildman–Crippen LogP) is -1.67. The minimum Gasteiger partial charge on any atom is -0.473 e. The van der Waals surface area contributed by atoms with Gasteiger partial charge in [0.2, 0.25) is 0 Å². The van der Waals surface area contributed by atoms with Gasteiger partial charge in [0.05, 0.1) is 0 Å². The van der Waals surface area contributed by atoms with E-state index in [1.54, 1.807) is 0 Å². The van der Waals surface area contributed by atoms with Crippen molar-refractivity contribution >= 4 is 11.9 Å². The van der Waals surface area contributed by atoms with Crippen LogP contribution in [-0.4, -0.2) is 27.6 Å². The van der Waals surface area contributed by atoms with Crippen LogP contribution in [-0.2, 0) is 26.7 Å². The first-order chi connectivity index (χ1) is 2.64. The predicted molar refractivity (Wildman–Crippen MR) is 18.9 cm³/mol. The van der Waals surface area contributed by atoms with Crippen LogP contribution < -0.4 is 0 Å². The Morgan fingerprint density at radius 1 is 1.00 bits per heavy atom. The van der Waals surface area contributed by atoms with Gasteiger partial charge in [-0.1, -0.05) is 0 Å². The minimum absolute atomic E-state index is 0. The molecule has 0 aliphatic carbocycles. The fraction of sp³-hybridized carbons (Fsp3) is 0. The van der Waals surface area contributed by atoms with Crippen molar-refractivity contribution < 1.29 is 42.3 Å². The number of rotatable bonds is 0. The summed E-state index contributed by atoms with van der Waals surface area (Å²) in [6, 6.07) is 0. The zero-order valence-electron chi connectivity index (χ0n) is 3.56. The molecule has 8 heavy (non-hydrogen) atoms. The maximum Gasteiger partial charge on any atom is 0.414 e. The molecule has 0 bridgehead atoms. The number of carbonyl (C=O) groups is 2. The smallest absolute Gasteiger partial charge is 0.414 e. The van der Waals surface area contributed by atoms with Crippen molar-refractivity contribution in [2.24, 2.45) is 0 Å². The molecule has 0 unspecified atom stereocenters. The molecular formula is C2H4FeO5. The van der Waals surface area contributed by atoms with E-state index in [0.717, 1.165) is 0 Å². The third-order valence-corrected chi connectivity index (χ3v) is 0.183. The Labute approximate surface area is 55.1 Å². The fourth-order valence-corrected chi connectivity index (χ4v) is 0. The van der Waals surface area contributed by atoms with Gasteiger partial charge in [-0.3, -0.25) is 0 Å². The molecule has 0 heterocycles. The molecule has 0 radical (unpaired) electrons. The summed E-state index contributed by atoms with van der Waals surface area (Å²) in [6.07, 6.45) is 0. The van der Waals surface area contributed by atoms with Crippen LogP contribution in [0.15, 0.2) is 0 Å². The van der Waals surface area contributed by atoms with Crippen molar-refractivity contribution in [1.29, 1.82) is 0 Å². The van der Waals surface area contributed by atoms with Gasteiger partial charge in [-0.15, -0.1) is 0 Å². The fourth-order valence-electron chi connectivity index (χ4n) is 0. The summed E-state index contributed by atoms with van der Waals surface area (Å²) < 4.78 is 0. The van der Waals surface area contributed by atoms with Crippen molar-refractivity contribution in [2.45, 2.75) is 0 Å². The molecule has 6 heteroatoms. The zero-order valence-corrected chi connectivity index (χ0v) is 4.67. The number of hydrogen-bond acceptors (Lipinski definition) is 2. The van der Waals surface area contributed by atoms with E-state index in [9.17, 15) is 0 Å². The van der Waals surface area contributed by atoms with Crippen LogP contribution in [0.25, 0.3) is 0 Å². The Hall–Kier alpha value is -0.581. The van der Waals surface area contributed by atoms with Gasteiger partial charge >= 0.3 is 11.9 Å². The van der Waals surface area contributed by atoms with E-state index in [2.05, 4.69) is 0 Å². The first kappa shape index (κ1) is 15.7. The summed E-state index contributed by atoms with van der Waals surface area (Å²) >= 11 is 0. The molecule has 0 spiro atoms. The van der Waals surface area contributed by atoms with Crippen molar-refractivity contribution in [3.05, 3.63) is 0 Å². The first-order valence-corrected chi connectivity index (χ1v) is 1.11. The summed E-state index contributed by atoms with van der Waals surface area (Å²) in [5.41, 5.74) is 0. The Kier molecular flexibility index (Phi) is 12.6. The molecular weight excluding hydrogens is 160 g/mol. The van der Waals surface area contributed by atoms with E-state index in [4.69, 9.17) is 19.8 Å². The van der Waals surface area contributed by atoms with Crippen LogP contribution >= 0.6 is 0 Å². The number of carboxylic acid groups (broad SMARTS) is 2. The Bertz CT molecular complexity index is 76.4. The van der Waals surface area contributed by atoms with Crippen molar-refractivity contribution in [3.63, 3.8) is 0 Å². The van der Waals surface area contributed by atoms with E-state index in [1.807, 2.05) is 0 Å². The van der Waals surface area contributed by atoms with Gasteiger partial charge in [0, 0.05) is 17.1 Å². The van der Waals surface area contributed by atoms with Gasteiger partial charge in [0.15, 0.2) is 0 Å². The molecule has 0 atom stereocenters. The van der Waals surface area contributed by atoms with Gasteiger partial charge in [-0.25, -0.2) is 9.59 Å². The molecule has 4 N–H and O–H groups in total. The molecule has 0 aromatic rings. The second-order valence-electron chi connectivity index (χ2n) is 0.610. The Balaban J connectivity index is -0.000000125. The SMILES string of the molecule is O.O=C(O)C(=O)O.[Fe]. The maximum absolute atomic E-state index is 9.10. The van der Waals surface area contributed by atoms with Gasteiger partial charge in [-0.05, 0) is 0 Å². The van der Waals surface area contributed by atoms with Crippen molar-refractivity contribution in [3.8, 4) is 0 Å². The third-order valence-electron chi connectivity index (χ3n) is 0.183. The first-order valence-electron chi connectivity index (χ1n) is 1.11. The summed E-state index contributed by atoms with van der Waals surface area (Å²) in [5.74, 6) is -3.65. The van der Waals surface area contributed by atoms with Crippen molar-refractivity contribution in [2.75, 3.05) is 0 Å². The van der Waals surface area contributed by atoms with Gasteiger partial charge in [-0.2, -0.15) is 0 Å². The molecule has 0 aromatic carbocycles. The average molecular weight is 164 g/mol. The number of carboxylic acids is 2. The molecule has 0 aliphatic rings. The van der Waals surface area contributed by atoms with Crippen LogP contribution in [0.3, 0.4) is 0 Å². The maximum atomic E-state index is 9.10. The molecule has 50 valence electrons. The quantitative estimate of drug-likeness (QED) is 0.329. The van der Waals surface area contributed by atoms with E-state index < -0.39 is 11.9 Å². The summed E-state index contributed by atoms with van der Waals surface area (Å²) in [6.45, 7) is 0. The van der Waals surface area contributed by atoms with Gasteiger partial charge < -0.3 is 15.7 Å². The van der Waals surface area contributed by atoms with E-state index in [-0.39, 0.29) is 22.5 Å². The van der Waals surface area contributed by atoms with Crippen molar-refractivity contribution in [1.82, 2.24) is 0 Å². The Morgan fingerprint density at radius 3 is 1.12 bits per heavy atom. The average Bonchev–Trinajstić information content (AvgIpc) is 1.36. The van der Waals surface area contributed by atoms with Gasteiger partial charge in [0.1, 0.15) is 0 Å². The molecule has 0 amide bonds. The monoisotopic (exact) mass is 164 g/mol. The van der Waals surface area contributed by atoms with Crippen LogP contribution in [0.1, 0.15) is 0 Å². The van der Waals surface area contributed by atoms with E-state index in [1.165, 1.54) is 0 Å². The molecule has 0 saturated carbocycles. The molecule has 0 aliphatic heterocycles. The molecule has 0 saturated heterocycles. The molecule has 0 aromatic heterocycles. The standard InChI is InChI=1S/C2H2O4.Fe.H2O/c3-1(4)2(5)6;;/h(H,3,4)(H,5,6);;1H2. The number of aliphatic carboxylic acids is 2. The second-order valence-corrected chi connectivity index (χ2v) is 0.610. The Morgan fingerprint density at radius 2 is 1.12 bits per heavy atom. The van der Waals surface area contributed by atoms with E-state index >= 15 is 0 Å². The molecule has 5 nitrogen and oxygen atoms in total. The van der Waals surface area contributed by atoms with Gasteiger partial charge in [0.25, 0.3) is 0 Å². The topological polar surface area (TPSA) is 106 Å². The summed E-state index contributed by atoms with van der Waals surface area (Å²) in [4.78, 5) is 18.2. The summed E-state index contributed by atoms with van der Waals surface area (Å²) in [7, 11) is 0. The molecule has 0 fully saturated rings. The zero-order chi connectivity index (χ0) is 5.15. The van der Waals surface area contributed by atoms with Crippen LogP contribution in [0.5, 0.6) is 0 Å².